The first-order chi connectivity index (χ1) is 18.1. The summed E-state index contributed by atoms with van der Waals surface area (Å²) in [4.78, 5) is 39.9. The Morgan fingerprint density at radius 3 is 2.16 bits per heavy atom. The fourth-order valence-corrected chi connectivity index (χ4v) is 5.32. The highest BCUT2D eigenvalue weighted by Gasteiger charge is 2.45. The van der Waals surface area contributed by atoms with Gasteiger partial charge in [-0.2, -0.15) is 0 Å². The predicted molar refractivity (Wildman–Crippen MR) is 151 cm³/mol. The van der Waals surface area contributed by atoms with Crippen molar-refractivity contribution in [1.29, 1.82) is 0 Å². The van der Waals surface area contributed by atoms with E-state index in [4.69, 9.17) is 9.47 Å². The summed E-state index contributed by atoms with van der Waals surface area (Å²) in [7, 11) is 0. The van der Waals surface area contributed by atoms with Crippen molar-refractivity contribution >= 4 is 17.7 Å². The van der Waals surface area contributed by atoms with Crippen molar-refractivity contribution in [3.05, 3.63) is 0 Å². The number of unbranched alkanes of at least 4 members (excludes halogenated alkanes) is 9. The number of carbonyl (C=O) groups is 3. The van der Waals surface area contributed by atoms with E-state index in [0.29, 0.717) is 26.1 Å². The third-order valence-corrected chi connectivity index (χ3v) is 7.77. The van der Waals surface area contributed by atoms with Gasteiger partial charge < -0.3 is 25.0 Å². The number of hydrogen-bond acceptors (Lipinski definition) is 5. The molecule has 0 saturated carbocycles. The Hall–Kier alpha value is -1.67. The van der Waals surface area contributed by atoms with E-state index in [1.807, 2.05) is 18.7 Å². The molecule has 8 heteroatoms. The van der Waals surface area contributed by atoms with Gasteiger partial charge in [0.2, 0.25) is 17.7 Å². The van der Waals surface area contributed by atoms with Crippen LogP contribution in [0.3, 0.4) is 0 Å². The molecule has 0 aromatic rings. The third kappa shape index (κ3) is 11.6. The van der Waals surface area contributed by atoms with Crippen LogP contribution >= 0.6 is 0 Å². The molecule has 38 heavy (non-hydrogen) atoms. The minimum absolute atomic E-state index is 0.0178. The number of likely N-dealkylation sites (tertiary alicyclic amines) is 1. The largest absolute Gasteiger partial charge is 0.354 e. The molecule has 0 aliphatic carbocycles. The van der Waals surface area contributed by atoms with Gasteiger partial charge in [-0.05, 0) is 33.1 Å². The zero-order valence-electron chi connectivity index (χ0n) is 24.9. The summed E-state index contributed by atoms with van der Waals surface area (Å²) >= 11 is 0. The van der Waals surface area contributed by atoms with Crippen molar-refractivity contribution in [1.82, 2.24) is 15.5 Å². The van der Waals surface area contributed by atoms with Gasteiger partial charge in [0, 0.05) is 43.9 Å². The van der Waals surface area contributed by atoms with Gasteiger partial charge in [-0.1, -0.05) is 78.6 Å². The number of rotatable bonds is 17. The van der Waals surface area contributed by atoms with E-state index in [9.17, 15) is 14.4 Å². The Labute approximate surface area is 231 Å². The highest BCUT2D eigenvalue weighted by atomic mass is 16.7. The van der Waals surface area contributed by atoms with Crippen molar-refractivity contribution in [3.63, 3.8) is 0 Å². The van der Waals surface area contributed by atoms with Crippen LogP contribution in [0.1, 0.15) is 125 Å². The van der Waals surface area contributed by atoms with Crippen LogP contribution in [0.2, 0.25) is 0 Å². The molecule has 0 radical (unpaired) electrons. The molecule has 2 fully saturated rings. The summed E-state index contributed by atoms with van der Waals surface area (Å²) in [6, 6.07) is 0.0356. The fourth-order valence-electron chi connectivity index (χ4n) is 5.32. The smallest absolute Gasteiger partial charge is 0.249 e. The third-order valence-electron chi connectivity index (χ3n) is 7.77. The summed E-state index contributed by atoms with van der Waals surface area (Å²) in [6.45, 7) is 11.6. The molecule has 2 aliphatic heterocycles. The number of carbonyl (C=O) groups excluding carboxylic acids is 3. The minimum atomic E-state index is -0.811. The Balaban J connectivity index is 1.59. The van der Waals surface area contributed by atoms with E-state index in [-0.39, 0.29) is 36.7 Å². The van der Waals surface area contributed by atoms with Gasteiger partial charge in [0.05, 0.1) is 6.61 Å². The highest BCUT2D eigenvalue weighted by Crippen LogP contribution is 2.34. The van der Waals surface area contributed by atoms with Crippen molar-refractivity contribution in [2.24, 2.45) is 5.41 Å². The van der Waals surface area contributed by atoms with E-state index < -0.39 is 17.3 Å². The van der Waals surface area contributed by atoms with Crippen LogP contribution < -0.4 is 10.6 Å². The average Bonchev–Trinajstić information content (AvgIpc) is 3.34. The Morgan fingerprint density at radius 1 is 0.868 bits per heavy atom. The second-order valence-electron chi connectivity index (χ2n) is 12.3. The van der Waals surface area contributed by atoms with Gasteiger partial charge in [0.1, 0.15) is 6.10 Å². The molecule has 3 amide bonds. The van der Waals surface area contributed by atoms with Crippen LogP contribution in [0.25, 0.3) is 0 Å². The van der Waals surface area contributed by atoms with Crippen LogP contribution in [0.5, 0.6) is 0 Å². The van der Waals surface area contributed by atoms with Crippen LogP contribution in [-0.4, -0.2) is 66.8 Å². The Kier molecular flexibility index (Phi) is 14.1. The summed E-state index contributed by atoms with van der Waals surface area (Å²) in [5, 5.41) is 5.92. The zero-order chi connectivity index (χ0) is 28.0. The molecular weight excluding hydrogens is 482 g/mol. The second-order valence-corrected chi connectivity index (χ2v) is 12.3. The van der Waals surface area contributed by atoms with Gasteiger partial charge in [0.15, 0.2) is 5.79 Å². The number of ether oxygens (including phenoxy) is 2. The normalized spacial score (nSPS) is 22.3. The van der Waals surface area contributed by atoms with Crippen molar-refractivity contribution in [2.45, 2.75) is 142 Å². The molecule has 0 aromatic carbocycles. The van der Waals surface area contributed by atoms with Crippen molar-refractivity contribution in [2.75, 3.05) is 26.2 Å². The van der Waals surface area contributed by atoms with E-state index >= 15 is 0 Å². The minimum Gasteiger partial charge on any atom is -0.354 e. The molecular formula is C30H55N3O5. The molecule has 0 aromatic heterocycles. The SMILES string of the molecule is CCCCCCCCCCCCC(=O)NCC1CCCN1C(=O)CCNC(=O)C1OC(C)(C)OCC1(C)C. The lowest BCUT2D eigenvalue weighted by molar-refractivity contribution is -0.304. The molecule has 2 unspecified atom stereocenters. The number of nitrogens with one attached hydrogen (secondary N) is 2. The lowest BCUT2D eigenvalue weighted by Crippen LogP contribution is -2.56. The summed E-state index contributed by atoms with van der Waals surface area (Å²) in [5.74, 6) is -0.924. The standard InChI is InChI=1S/C30H55N3O5/c1-6-7-8-9-10-11-12-13-14-15-18-25(34)32-22-24-17-16-21-33(24)26(35)19-20-31-28(36)27-29(2,3)23-37-30(4,5)38-27/h24,27H,6-23H2,1-5H3,(H,31,36)(H,32,34). The summed E-state index contributed by atoms with van der Waals surface area (Å²) < 4.78 is 11.6. The van der Waals surface area contributed by atoms with Crippen LogP contribution in [0.4, 0.5) is 0 Å². The van der Waals surface area contributed by atoms with Gasteiger partial charge in [0.25, 0.3) is 0 Å². The molecule has 2 atom stereocenters. The molecule has 0 bridgehead atoms. The van der Waals surface area contributed by atoms with E-state index in [1.165, 1.54) is 51.4 Å². The topological polar surface area (TPSA) is 97.0 Å². The fraction of sp³-hybridized carbons (Fsp3) is 0.900. The summed E-state index contributed by atoms with van der Waals surface area (Å²) in [6.07, 6.45) is 14.5. The van der Waals surface area contributed by atoms with Gasteiger partial charge in [-0.3, -0.25) is 14.4 Å². The molecule has 2 N–H and O–H groups in total. The maximum absolute atomic E-state index is 12.9. The zero-order valence-corrected chi connectivity index (χ0v) is 24.9. The molecule has 2 rings (SSSR count). The van der Waals surface area contributed by atoms with Crippen molar-refractivity contribution in [3.8, 4) is 0 Å². The van der Waals surface area contributed by atoms with Crippen LogP contribution in [0, 0.1) is 5.41 Å². The average molecular weight is 538 g/mol. The maximum Gasteiger partial charge on any atom is 0.249 e. The monoisotopic (exact) mass is 537 g/mol. The van der Waals surface area contributed by atoms with Crippen molar-refractivity contribution < 1.29 is 23.9 Å². The lowest BCUT2D eigenvalue weighted by atomic mass is 9.85. The highest BCUT2D eigenvalue weighted by molar-refractivity contribution is 5.83. The molecule has 8 nitrogen and oxygen atoms in total. The Bertz CT molecular complexity index is 739. The van der Waals surface area contributed by atoms with Crippen LogP contribution in [-0.2, 0) is 23.9 Å². The molecule has 2 saturated heterocycles. The number of hydrogen-bond donors (Lipinski definition) is 2. The molecule has 2 aliphatic rings. The molecule has 0 spiro atoms. The van der Waals surface area contributed by atoms with E-state index in [1.54, 1.807) is 13.8 Å². The molecule has 220 valence electrons. The van der Waals surface area contributed by atoms with E-state index in [0.717, 1.165) is 25.7 Å². The van der Waals surface area contributed by atoms with E-state index in [2.05, 4.69) is 17.6 Å². The predicted octanol–water partition coefficient (Wildman–Crippen LogP) is 5.09. The Morgan fingerprint density at radius 2 is 1.50 bits per heavy atom. The van der Waals surface area contributed by atoms with Gasteiger partial charge in [-0.25, -0.2) is 0 Å². The number of nitrogens with zero attached hydrogens (tertiary/aromatic N) is 1. The number of amides is 3. The molecule has 2 heterocycles. The summed E-state index contributed by atoms with van der Waals surface area (Å²) in [5.41, 5.74) is -0.449. The maximum atomic E-state index is 12.9. The second kappa shape index (κ2) is 16.4. The van der Waals surface area contributed by atoms with Gasteiger partial charge in [-0.15, -0.1) is 0 Å². The first-order valence-electron chi connectivity index (χ1n) is 15.2. The quantitative estimate of drug-likeness (QED) is 0.252. The van der Waals surface area contributed by atoms with Gasteiger partial charge >= 0.3 is 0 Å². The van der Waals surface area contributed by atoms with Crippen LogP contribution in [0.15, 0.2) is 0 Å². The lowest BCUT2D eigenvalue weighted by Gasteiger charge is -2.44. The first-order valence-corrected chi connectivity index (χ1v) is 15.2. The first kappa shape index (κ1) is 32.5.